The Hall–Kier alpha value is -1.01. The van der Waals surface area contributed by atoms with Gasteiger partial charge in [0.15, 0.2) is 0 Å². The van der Waals surface area contributed by atoms with E-state index < -0.39 is 0 Å². The molecule has 0 amide bonds. The Balaban J connectivity index is 1.86. The molecule has 1 aromatic carbocycles. The zero-order chi connectivity index (χ0) is 13.7. The van der Waals surface area contributed by atoms with Gasteiger partial charge in [0, 0.05) is 24.5 Å². The summed E-state index contributed by atoms with van der Waals surface area (Å²) in [4.78, 5) is 2.25. The number of halogens is 1. The number of aliphatic hydroxyl groups excluding tert-OH is 1. The molecule has 0 saturated carbocycles. The first-order valence-corrected chi connectivity index (χ1v) is 7.15. The summed E-state index contributed by atoms with van der Waals surface area (Å²) in [6, 6.07) is 7.90. The highest BCUT2D eigenvalue weighted by molar-refractivity contribution is 6.30. The fourth-order valence-corrected chi connectivity index (χ4v) is 2.76. The van der Waals surface area contributed by atoms with Gasteiger partial charge in [-0.25, -0.2) is 0 Å². The highest BCUT2D eigenvalue weighted by Gasteiger charge is 2.27. The molecule has 1 aliphatic rings. The number of aliphatic hydroxyl groups is 1. The van der Waals surface area contributed by atoms with Gasteiger partial charge in [-0.2, -0.15) is 0 Å². The van der Waals surface area contributed by atoms with Crippen molar-refractivity contribution in [3.05, 3.63) is 34.9 Å². The Labute approximate surface area is 120 Å². The van der Waals surface area contributed by atoms with Crippen LogP contribution >= 0.6 is 11.6 Å². The molecule has 0 bridgehead atoms. The van der Waals surface area contributed by atoms with Gasteiger partial charge in [-0.1, -0.05) is 23.7 Å². The van der Waals surface area contributed by atoms with Crippen molar-refractivity contribution in [3.63, 3.8) is 0 Å². The molecule has 1 saturated heterocycles. The fraction of sp³-hybridized carbons (Fsp3) is 0.500. The van der Waals surface area contributed by atoms with Crippen LogP contribution in [0.3, 0.4) is 0 Å². The van der Waals surface area contributed by atoms with Crippen molar-refractivity contribution < 1.29 is 5.11 Å². The summed E-state index contributed by atoms with van der Waals surface area (Å²) < 4.78 is 0. The maximum absolute atomic E-state index is 10.2. The average Bonchev–Trinajstić information content (AvgIpc) is 2.41. The van der Waals surface area contributed by atoms with Crippen LogP contribution in [0.15, 0.2) is 24.3 Å². The minimum Gasteiger partial charge on any atom is -0.391 e. The van der Waals surface area contributed by atoms with Gasteiger partial charge in [0.2, 0.25) is 0 Å². The molecule has 1 heterocycles. The maximum Gasteiger partial charge on any atom is 0.0698 e. The molecular formula is C16H20ClNO. The van der Waals surface area contributed by atoms with Crippen molar-refractivity contribution in [2.75, 3.05) is 19.6 Å². The van der Waals surface area contributed by atoms with Crippen LogP contribution in [0.5, 0.6) is 0 Å². The van der Waals surface area contributed by atoms with Crippen molar-refractivity contribution in [2.45, 2.75) is 25.4 Å². The lowest BCUT2D eigenvalue weighted by Gasteiger charge is -2.35. The van der Waals surface area contributed by atoms with Crippen LogP contribution in [0.25, 0.3) is 0 Å². The molecule has 1 aliphatic heterocycles. The van der Waals surface area contributed by atoms with Gasteiger partial charge in [-0.05, 0) is 43.0 Å². The third-order valence-electron chi connectivity index (χ3n) is 3.79. The molecule has 0 aromatic heterocycles. The Morgan fingerprint density at radius 2 is 2.11 bits per heavy atom. The molecule has 2 unspecified atom stereocenters. The predicted octanol–water partition coefficient (Wildman–Crippen LogP) is 2.59. The van der Waals surface area contributed by atoms with Gasteiger partial charge in [-0.3, -0.25) is 4.90 Å². The summed E-state index contributed by atoms with van der Waals surface area (Å²) in [5, 5.41) is 11.0. The number of benzene rings is 1. The van der Waals surface area contributed by atoms with Crippen LogP contribution in [-0.4, -0.2) is 35.7 Å². The lowest BCUT2D eigenvalue weighted by atomic mass is 9.88. The molecule has 1 aromatic rings. The van der Waals surface area contributed by atoms with E-state index in [0.29, 0.717) is 5.92 Å². The van der Waals surface area contributed by atoms with Gasteiger partial charge in [-0.15, -0.1) is 12.3 Å². The topological polar surface area (TPSA) is 23.5 Å². The van der Waals surface area contributed by atoms with Gasteiger partial charge in [0.25, 0.3) is 0 Å². The van der Waals surface area contributed by atoms with E-state index >= 15 is 0 Å². The second-order valence-corrected chi connectivity index (χ2v) is 5.64. The largest absolute Gasteiger partial charge is 0.391 e. The lowest BCUT2D eigenvalue weighted by molar-refractivity contribution is 0.0229. The lowest BCUT2D eigenvalue weighted by Crippen LogP contribution is -2.44. The van der Waals surface area contributed by atoms with Crippen LogP contribution in [0.2, 0.25) is 5.02 Å². The number of likely N-dealkylation sites (tertiary alicyclic amines) is 1. The first-order valence-electron chi connectivity index (χ1n) is 6.77. The van der Waals surface area contributed by atoms with E-state index in [9.17, 15) is 5.11 Å². The quantitative estimate of drug-likeness (QED) is 0.855. The summed E-state index contributed by atoms with van der Waals surface area (Å²) in [6.45, 7) is 2.65. The molecule has 0 aliphatic carbocycles. The SMILES string of the molecule is C#CCCN1CCC(Cc2ccc(Cl)cc2)C(O)C1. The molecule has 1 fully saturated rings. The van der Waals surface area contributed by atoms with E-state index in [4.69, 9.17) is 18.0 Å². The van der Waals surface area contributed by atoms with Crippen molar-refractivity contribution in [2.24, 2.45) is 5.92 Å². The van der Waals surface area contributed by atoms with Crippen molar-refractivity contribution in [1.82, 2.24) is 4.90 Å². The van der Waals surface area contributed by atoms with E-state index in [-0.39, 0.29) is 6.10 Å². The average molecular weight is 278 g/mol. The summed E-state index contributed by atoms with van der Waals surface area (Å²) in [7, 11) is 0. The molecule has 19 heavy (non-hydrogen) atoms. The van der Waals surface area contributed by atoms with E-state index in [0.717, 1.165) is 43.9 Å². The highest BCUT2D eigenvalue weighted by atomic mass is 35.5. The number of hydrogen-bond donors (Lipinski definition) is 1. The molecule has 3 heteroatoms. The molecular weight excluding hydrogens is 258 g/mol. The van der Waals surface area contributed by atoms with E-state index in [2.05, 4.69) is 10.8 Å². The third kappa shape index (κ3) is 4.24. The summed E-state index contributed by atoms with van der Waals surface area (Å²) >= 11 is 5.88. The fourth-order valence-electron chi connectivity index (χ4n) is 2.63. The van der Waals surface area contributed by atoms with Crippen LogP contribution in [0.4, 0.5) is 0 Å². The number of hydrogen-bond acceptors (Lipinski definition) is 2. The monoisotopic (exact) mass is 277 g/mol. The van der Waals surface area contributed by atoms with Gasteiger partial charge >= 0.3 is 0 Å². The summed E-state index contributed by atoms with van der Waals surface area (Å²) in [6.07, 6.45) is 7.71. The van der Waals surface area contributed by atoms with Crippen molar-refractivity contribution >= 4 is 11.6 Å². The van der Waals surface area contributed by atoms with Gasteiger partial charge in [0.1, 0.15) is 0 Å². The van der Waals surface area contributed by atoms with Crippen LogP contribution in [0.1, 0.15) is 18.4 Å². The highest BCUT2D eigenvalue weighted by Crippen LogP contribution is 2.23. The third-order valence-corrected chi connectivity index (χ3v) is 4.04. The second kappa shape index (κ2) is 6.96. The predicted molar refractivity (Wildman–Crippen MR) is 79.2 cm³/mol. The molecule has 2 atom stereocenters. The summed E-state index contributed by atoms with van der Waals surface area (Å²) in [5.41, 5.74) is 1.24. The smallest absolute Gasteiger partial charge is 0.0698 e. The zero-order valence-corrected chi connectivity index (χ0v) is 11.8. The molecule has 102 valence electrons. The number of rotatable bonds is 4. The molecule has 0 spiro atoms. The van der Waals surface area contributed by atoms with E-state index in [1.807, 2.05) is 24.3 Å². The van der Waals surface area contributed by atoms with E-state index in [1.165, 1.54) is 5.56 Å². The summed E-state index contributed by atoms with van der Waals surface area (Å²) in [5.74, 6) is 2.99. The number of nitrogens with zero attached hydrogens (tertiary/aromatic N) is 1. The molecule has 1 N–H and O–H groups in total. The first-order chi connectivity index (χ1) is 9.19. The second-order valence-electron chi connectivity index (χ2n) is 5.20. The zero-order valence-electron chi connectivity index (χ0n) is 11.1. The van der Waals surface area contributed by atoms with Crippen LogP contribution in [0, 0.1) is 18.3 Å². The first kappa shape index (κ1) is 14.4. The van der Waals surface area contributed by atoms with Crippen LogP contribution in [-0.2, 0) is 6.42 Å². The van der Waals surface area contributed by atoms with Crippen molar-refractivity contribution in [3.8, 4) is 12.3 Å². The maximum atomic E-state index is 10.2. The minimum absolute atomic E-state index is 0.262. The Morgan fingerprint density at radius 1 is 1.37 bits per heavy atom. The van der Waals surface area contributed by atoms with Crippen LogP contribution < -0.4 is 0 Å². The van der Waals surface area contributed by atoms with Gasteiger partial charge in [0.05, 0.1) is 6.10 Å². The number of terminal acetylenes is 1. The van der Waals surface area contributed by atoms with E-state index in [1.54, 1.807) is 0 Å². The Bertz CT molecular complexity index is 437. The molecule has 0 radical (unpaired) electrons. The minimum atomic E-state index is -0.262. The standard InChI is InChI=1S/C16H20ClNO/c1-2-3-9-18-10-8-14(16(19)12-18)11-13-4-6-15(17)7-5-13/h1,4-7,14,16,19H,3,8-12H2. The van der Waals surface area contributed by atoms with Crippen molar-refractivity contribution in [1.29, 1.82) is 0 Å². The molecule has 2 rings (SSSR count). The van der Waals surface area contributed by atoms with Gasteiger partial charge < -0.3 is 5.11 Å². The Morgan fingerprint density at radius 3 is 2.74 bits per heavy atom. The Kier molecular flexibility index (Phi) is 5.27. The number of β-amino-alcohol motifs (C(OH)–C–C–N with tert-alkyl or cyclic N) is 1. The molecule has 2 nitrogen and oxygen atoms in total. The normalized spacial score (nSPS) is 24.1. The number of piperidine rings is 1.